The normalized spacial score (nSPS) is 20.2. The van der Waals surface area contributed by atoms with Crippen LogP contribution < -0.4 is 15.4 Å². The van der Waals surface area contributed by atoms with E-state index in [1.165, 1.54) is 18.4 Å². The highest BCUT2D eigenvalue weighted by atomic mass is 16.5. The topological polar surface area (TPSA) is 50.4 Å². The first-order valence-electron chi connectivity index (χ1n) is 6.02. The van der Waals surface area contributed by atoms with Crippen molar-refractivity contribution in [2.75, 3.05) is 19.0 Å². The molecule has 3 rings (SSSR count). The van der Waals surface area contributed by atoms with Crippen LogP contribution in [0.4, 0.5) is 5.69 Å². The minimum absolute atomic E-state index is 0.0814. The number of hydrogen-bond donors (Lipinski definition) is 2. The monoisotopic (exact) mass is 232 g/mol. The van der Waals surface area contributed by atoms with Crippen LogP contribution in [0.25, 0.3) is 0 Å². The van der Waals surface area contributed by atoms with Crippen LogP contribution in [0.1, 0.15) is 24.4 Å². The van der Waals surface area contributed by atoms with Crippen molar-refractivity contribution in [1.29, 1.82) is 0 Å². The predicted molar refractivity (Wildman–Crippen MR) is 65.1 cm³/mol. The van der Waals surface area contributed by atoms with Crippen LogP contribution in [-0.2, 0) is 4.79 Å². The molecular weight excluding hydrogens is 216 g/mol. The molecule has 0 radical (unpaired) electrons. The lowest BCUT2D eigenvalue weighted by Gasteiger charge is -2.21. The van der Waals surface area contributed by atoms with E-state index in [0.29, 0.717) is 6.04 Å². The molecule has 0 saturated heterocycles. The largest absolute Gasteiger partial charge is 0.482 e. The van der Waals surface area contributed by atoms with Crippen molar-refractivity contribution in [1.82, 2.24) is 5.32 Å². The number of benzene rings is 1. The van der Waals surface area contributed by atoms with Gasteiger partial charge in [0.1, 0.15) is 5.75 Å². The first-order chi connectivity index (χ1) is 8.28. The summed E-state index contributed by atoms with van der Waals surface area (Å²) in [5.41, 5.74) is 2.01. The Morgan fingerprint density at radius 1 is 1.47 bits per heavy atom. The average Bonchev–Trinajstić information content (AvgIpc) is 3.14. The van der Waals surface area contributed by atoms with E-state index in [9.17, 15) is 4.79 Å². The second-order valence-electron chi connectivity index (χ2n) is 4.70. The van der Waals surface area contributed by atoms with Gasteiger partial charge in [0, 0.05) is 6.04 Å². The van der Waals surface area contributed by atoms with E-state index in [1.807, 2.05) is 19.2 Å². The molecule has 17 heavy (non-hydrogen) atoms. The summed E-state index contributed by atoms with van der Waals surface area (Å²) in [6.45, 7) is 0.116. The second kappa shape index (κ2) is 4.04. The minimum Gasteiger partial charge on any atom is -0.482 e. The number of carbonyl (C=O) groups excluding carboxylic acids is 1. The predicted octanol–water partition coefficient (Wildman–Crippen LogP) is 1.69. The zero-order chi connectivity index (χ0) is 11.8. The molecule has 1 aromatic carbocycles. The highest BCUT2D eigenvalue weighted by Gasteiger charge is 2.31. The Kier molecular flexibility index (Phi) is 2.52. The van der Waals surface area contributed by atoms with Gasteiger partial charge in [0.05, 0.1) is 5.69 Å². The molecule has 2 aliphatic rings. The Morgan fingerprint density at radius 3 is 3.00 bits per heavy atom. The number of amides is 1. The first kappa shape index (κ1) is 10.6. The fraction of sp³-hybridized carbons (Fsp3) is 0.462. The quantitative estimate of drug-likeness (QED) is 0.833. The molecule has 0 spiro atoms. The third-order valence-electron chi connectivity index (χ3n) is 3.40. The average molecular weight is 232 g/mol. The second-order valence-corrected chi connectivity index (χ2v) is 4.70. The molecule has 1 amide bonds. The Hall–Kier alpha value is -1.55. The summed E-state index contributed by atoms with van der Waals surface area (Å²) in [5, 5.41) is 6.19. The summed E-state index contributed by atoms with van der Waals surface area (Å²) in [4.78, 5) is 11.3. The van der Waals surface area contributed by atoms with Gasteiger partial charge in [-0.05, 0) is 43.5 Å². The summed E-state index contributed by atoms with van der Waals surface area (Å²) in [7, 11) is 1.98. The van der Waals surface area contributed by atoms with Crippen LogP contribution in [-0.4, -0.2) is 19.6 Å². The molecule has 1 atom stereocenters. The summed E-state index contributed by atoms with van der Waals surface area (Å²) in [6.07, 6.45) is 2.57. The van der Waals surface area contributed by atoms with Crippen molar-refractivity contribution in [3.05, 3.63) is 23.8 Å². The van der Waals surface area contributed by atoms with Crippen LogP contribution in [0.2, 0.25) is 0 Å². The van der Waals surface area contributed by atoms with Gasteiger partial charge in [-0.3, -0.25) is 4.79 Å². The van der Waals surface area contributed by atoms with Gasteiger partial charge in [0.25, 0.3) is 5.91 Å². The van der Waals surface area contributed by atoms with Crippen LogP contribution in [0.5, 0.6) is 5.75 Å². The fourth-order valence-electron chi connectivity index (χ4n) is 2.40. The standard InChI is InChI=1S/C13H16N2O2/c1-14-13(8-2-3-8)9-4-5-11-10(6-9)15-12(16)7-17-11/h4-6,8,13-14H,2-3,7H2,1H3,(H,15,16). The summed E-state index contributed by atoms with van der Waals surface area (Å²) in [6, 6.07) is 6.43. The van der Waals surface area contributed by atoms with Crippen molar-refractivity contribution in [2.45, 2.75) is 18.9 Å². The van der Waals surface area contributed by atoms with Gasteiger partial charge < -0.3 is 15.4 Å². The van der Waals surface area contributed by atoms with E-state index < -0.39 is 0 Å². The first-order valence-corrected chi connectivity index (χ1v) is 6.02. The van der Waals surface area contributed by atoms with Crippen molar-refractivity contribution >= 4 is 11.6 Å². The van der Waals surface area contributed by atoms with Gasteiger partial charge >= 0.3 is 0 Å². The van der Waals surface area contributed by atoms with E-state index in [0.717, 1.165) is 17.4 Å². The van der Waals surface area contributed by atoms with Gasteiger partial charge in [0.2, 0.25) is 0 Å². The van der Waals surface area contributed by atoms with Crippen LogP contribution in [0.3, 0.4) is 0 Å². The molecule has 4 heteroatoms. The highest BCUT2D eigenvalue weighted by molar-refractivity contribution is 5.95. The number of fused-ring (bicyclic) bond motifs is 1. The Bertz CT molecular complexity index is 455. The molecule has 90 valence electrons. The third-order valence-corrected chi connectivity index (χ3v) is 3.40. The number of nitrogens with one attached hydrogen (secondary N) is 2. The number of rotatable bonds is 3. The molecule has 1 unspecified atom stereocenters. The molecule has 1 saturated carbocycles. The maximum Gasteiger partial charge on any atom is 0.262 e. The SMILES string of the molecule is CNC(c1ccc2c(c1)NC(=O)CO2)C1CC1. The lowest BCUT2D eigenvalue weighted by atomic mass is 10.0. The molecule has 1 aromatic rings. The Labute approximate surface area is 100 Å². The Balaban J connectivity index is 1.91. The van der Waals surface area contributed by atoms with E-state index >= 15 is 0 Å². The summed E-state index contributed by atoms with van der Waals surface area (Å²) in [5.74, 6) is 1.42. The molecule has 4 nitrogen and oxygen atoms in total. The molecule has 1 heterocycles. The van der Waals surface area contributed by atoms with E-state index in [1.54, 1.807) is 0 Å². The maximum atomic E-state index is 11.3. The smallest absolute Gasteiger partial charge is 0.262 e. The molecule has 1 aliphatic carbocycles. The fourth-order valence-corrected chi connectivity index (χ4v) is 2.40. The van der Waals surface area contributed by atoms with Crippen molar-refractivity contribution in [3.8, 4) is 5.75 Å². The van der Waals surface area contributed by atoms with E-state index in [4.69, 9.17) is 4.74 Å². The van der Waals surface area contributed by atoms with Crippen LogP contribution >= 0.6 is 0 Å². The van der Waals surface area contributed by atoms with Crippen molar-refractivity contribution in [2.24, 2.45) is 5.92 Å². The lowest BCUT2D eigenvalue weighted by molar-refractivity contribution is -0.118. The van der Waals surface area contributed by atoms with Crippen molar-refractivity contribution < 1.29 is 9.53 Å². The van der Waals surface area contributed by atoms with Gasteiger partial charge in [-0.2, -0.15) is 0 Å². The number of carbonyl (C=O) groups is 1. The summed E-state index contributed by atoms with van der Waals surface area (Å²) >= 11 is 0. The molecule has 0 bridgehead atoms. The Morgan fingerprint density at radius 2 is 2.29 bits per heavy atom. The zero-order valence-corrected chi connectivity index (χ0v) is 9.82. The highest BCUT2D eigenvalue weighted by Crippen LogP contribution is 2.42. The zero-order valence-electron chi connectivity index (χ0n) is 9.82. The van der Waals surface area contributed by atoms with Crippen LogP contribution in [0, 0.1) is 5.92 Å². The molecule has 1 fully saturated rings. The maximum absolute atomic E-state index is 11.3. The molecule has 0 aromatic heterocycles. The molecule has 2 N–H and O–H groups in total. The van der Waals surface area contributed by atoms with Gasteiger partial charge in [-0.15, -0.1) is 0 Å². The van der Waals surface area contributed by atoms with Gasteiger partial charge in [0.15, 0.2) is 6.61 Å². The lowest BCUT2D eigenvalue weighted by Crippen LogP contribution is -2.26. The van der Waals surface area contributed by atoms with E-state index in [-0.39, 0.29) is 12.5 Å². The number of ether oxygens (including phenoxy) is 1. The third kappa shape index (κ3) is 2.00. The number of hydrogen-bond acceptors (Lipinski definition) is 3. The molecular formula is C13H16N2O2. The van der Waals surface area contributed by atoms with Gasteiger partial charge in [-0.1, -0.05) is 6.07 Å². The van der Waals surface area contributed by atoms with Crippen molar-refractivity contribution in [3.63, 3.8) is 0 Å². The minimum atomic E-state index is -0.0814. The van der Waals surface area contributed by atoms with E-state index in [2.05, 4.69) is 16.7 Å². The number of anilines is 1. The molecule has 1 aliphatic heterocycles. The van der Waals surface area contributed by atoms with Crippen LogP contribution in [0.15, 0.2) is 18.2 Å². The summed E-state index contributed by atoms with van der Waals surface area (Å²) < 4.78 is 5.35. The van der Waals surface area contributed by atoms with Gasteiger partial charge in [-0.25, -0.2) is 0 Å².